The molecule has 1 heterocycles. The maximum atomic E-state index is 11.1. The van der Waals surface area contributed by atoms with Gasteiger partial charge in [-0.05, 0) is 55.9 Å². The fourth-order valence-corrected chi connectivity index (χ4v) is 4.19. The third-order valence-corrected chi connectivity index (χ3v) is 6.21. The zero-order chi connectivity index (χ0) is 23.9. The molecule has 7 heteroatoms. The van der Waals surface area contributed by atoms with Crippen molar-refractivity contribution >= 4 is 5.97 Å². The van der Waals surface area contributed by atoms with Gasteiger partial charge in [0.15, 0.2) is 6.10 Å². The first-order valence-electron chi connectivity index (χ1n) is 11.6. The molecule has 2 aromatic carbocycles. The summed E-state index contributed by atoms with van der Waals surface area (Å²) in [6.07, 6.45) is 2.58. The van der Waals surface area contributed by atoms with Crippen LogP contribution in [0.5, 0.6) is 0 Å². The first-order valence-corrected chi connectivity index (χ1v) is 11.6. The first-order chi connectivity index (χ1) is 16.5. The lowest BCUT2D eigenvalue weighted by Gasteiger charge is -2.29. The number of hydrogen-bond acceptors (Lipinski definition) is 6. The second-order valence-electron chi connectivity index (χ2n) is 8.58. The molecule has 1 unspecified atom stereocenters. The highest BCUT2D eigenvalue weighted by atomic mass is 16.5. The summed E-state index contributed by atoms with van der Waals surface area (Å²) >= 11 is 0. The number of carbonyl (C=O) groups is 1. The minimum Gasteiger partial charge on any atom is -0.479 e. The molecule has 1 aliphatic carbocycles. The normalized spacial score (nSPS) is 19.1. The maximum absolute atomic E-state index is 11.1. The summed E-state index contributed by atoms with van der Waals surface area (Å²) in [5.41, 5.74) is 4.02. The van der Waals surface area contributed by atoms with E-state index < -0.39 is 12.1 Å². The predicted octanol–water partition coefficient (Wildman–Crippen LogP) is 5.26. The monoisotopic (exact) mass is 465 g/mol. The van der Waals surface area contributed by atoms with Crippen LogP contribution < -0.4 is 0 Å². The number of oxazole rings is 1. The average molecular weight is 466 g/mol. The minimum atomic E-state index is -1.02. The van der Waals surface area contributed by atoms with Crippen molar-refractivity contribution in [1.29, 1.82) is 0 Å². The number of aromatic nitrogens is 1. The third kappa shape index (κ3) is 6.11. The Bertz CT molecular complexity index is 1060. The molecular formula is C27H31NO6. The SMILES string of the molecule is COC(CO[C@@H]1CCC[C@H](OCc2nc(-c3ccc(-c4ccccc4)cc3)oc2C)C1)C(=O)O. The first kappa shape index (κ1) is 24.1. The average Bonchev–Trinajstić information content (AvgIpc) is 3.24. The van der Waals surface area contributed by atoms with Gasteiger partial charge in [0.05, 0.1) is 25.4 Å². The lowest BCUT2D eigenvalue weighted by molar-refractivity contribution is -0.155. The number of aliphatic carboxylic acids is 1. The number of carboxylic acids is 1. The quantitative estimate of drug-likeness (QED) is 0.437. The Hall–Kier alpha value is -3.00. The largest absolute Gasteiger partial charge is 0.479 e. The molecule has 3 atom stereocenters. The number of carboxylic acid groups (broad SMARTS) is 1. The molecule has 1 aliphatic rings. The number of hydrogen-bond donors (Lipinski definition) is 1. The van der Waals surface area contributed by atoms with Crippen molar-refractivity contribution in [3.63, 3.8) is 0 Å². The van der Waals surface area contributed by atoms with E-state index in [0.717, 1.165) is 48.3 Å². The van der Waals surface area contributed by atoms with Crippen LogP contribution in [-0.2, 0) is 25.6 Å². The Morgan fingerprint density at radius 3 is 2.35 bits per heavy atom. The smallest absolute Gasteiger partial charge is 0.335 e. The Labute approximate surface area is 199 Å². The lowest BCUT2D eigenvalue weighted by atomic mass is 9.95. The van der Waals surface area contributed by atoms with Crippen molar-refractivity contribution < 1.29 is 28.5 Å². The summed E-state index contributed by atoms with van der Waals surface area (Å²) in [4.78, 5) is 15.8. The van der Waals surface area contributed by atoms with Gasteiger partial charge < -0.3 is 23.7 Å². The van der Waals surface area contributed by atoms with Crippen LogP contribution in [0.2, 0.25) is 0 Å². The molecule has 1 fully saturated rings. The van der Waals surface area contributed by atoms with Gasteiger partial charge in [-0.25, -0.2) is 9.78 Å². The lowest BCUT2D eigenvalue weighted by Crippen LogP contribution is -2.34. The highest BCUT2D eigenvalue weighted by Gasteiger charge is 2.26. The zero-order valence-corrected chi connectivity index (χ0v) is 19.6. The topological polar surface area (TPSA) is 91.0 Å². The number of rotatable bonds is 10. The van der Waals surface area contributed by atoms with E-state index in [1.807, 2.05) is 37.3 Å². The van der Waals surface area contributed by atoms with Crippen molar-refractivity contribution in [3.8, 4) is 22.6 Å². The van der Waals surface area contributed by atoms with E-state index in [1.54, 1.807) is 0 Å². The van der Waals surface area contributed by atoms with Crippen molar-refractivity contribution in [3.05, 3.63) is 66.1 Å². The molecule has 0 radical (unpaired) electrons. The van der Waals surface area contributed by atoms with E-state index in [2.05, 4.69) is 29.2 Å². The van der Waals surface area contributed by atoms with Gasteiger partial charge in [-0.2, -0.15) is 0 Å². The van der Waals surface area contributed by atoms with E-state index in [9.17, 15) is 4.79 Å². The highest BCUT2D eigenvalue weighted by Crippen LogP contribution is 2.28. The predicted molar refractivity (Wildman–Crippen MR) is 127 cm³/mol. The molecule has 4 rings (SSSR count). The Balaban J connectivity index is 1.32. The minimum absolute atomic E-state index is 0.0344. The van der Waals surface area contributed by atoms with Crippen molar-refractivity contribution in [2.45, 2.75) is 57.5 Å². The van der Waals surface area contributed by atoms with Crippen LogP contribution in [0.25, 0.3) is 22.6 Å². The number of ether oxygens (including phenoxy) is 3. The fraction of sp³-hybridized carbons (Fsp3) is 0.407. The summed E-state index contributed by atoms with van der Waals surface area (Å²) in [5, 5.41) is 9.10. The van der Waals surface area contributed by atoms with E-state index in [-0.39, 0.29) is 18.8 Å². The summed E-state index contributed by atoms with van der Waals surface area (Å²) in [6.45, 7) is 2.31. The van der Waals surface area contributed by atoms with E-state index >= 15 is 0 Å². The van der Waals surface area contributed by atoms with Crippen LogP contribution >= 0.6 is 0 Å². The van der Waals surface area contributed by atoms with Gasteiger partial charge in [0.1, 0.15) is 11.5 Å². The Morgan fingerprint density at radius 2 is 1.68 bits per heavy atom. The van der Waals surface area contributed by atoms with Gasteiger partial charge in [-0.1, -0.05) is 42.5 Å². The van der Waals surface area contributed by atoms with Gasteiger partial charge in [0.25, 0.3) is 0 Å². The molecule has 3 aromatic rings. The molecule has 0 bridgehead atoms. The highest BCUT2D eigenvalue weighted by molar-refractivity contribution is 5.72. The standard InChI is InChI=1S/C27H31NO6/c1-18-24(16-32-22-9-6-10-23(15-22)33-17-25(31-2)27(29)30)28-26(34-18)21-13-11-20(12-14-21)19-7-4-3-5-8-19/h3-5,7-8,11-14,22-23,25H,6,9-10,15-17H2,1-2H3,(H,29,30)/t22-,23+,25?/m0/s1. The molecule has 0 spiro atoms. The third-order valence-electron chi connectivity index (χ3n) is 6.21. The van der Waals surface area contributed by atoms with Gasteiger partial charge in [-0.3, -0.25) is 0 Å². The van der Waals surface area contributed by atoms with Crippen LogP contribution in [0.3, 0.4) is 0 Å². The van der Waals surface area contributed by atoms with E-state index in [4.69, 9.17) is 23.7 Å². The summed E-state index contributed by atoms with van der Waals surface area (Å²) < 4.78 is 22.8. The molecular weight excluding hydrogens is 434 g/mol. The van der Waals surface area contributed by atoms with Crippen LogP contribution in [-0.4, -0.2) is 48.1 Å². The maximum Gasteiger partial charge on any atom is 0.335 e. The molecule has 0 aliphatic heterocycles. The van der Waals surface area contributed by atoms with E-state index in [1.165, 1.54) is 12.7 Å². The Morgan fingerprint density at radius 1 is 1.03 bits per heavy atom. The van der Waals surface area contributed by atoms with Gasteiger partial charge in [-0.15, -0.1) is 0 Å². The van der Waals surface area contributed by atoms with Crippen LogP contribution in [0, 0.1) is 6.92 Å². The molecule has 1 N–H and O–H groups in total. The van der Waals surface area contributed by atoms with Crippen LogP contribution in [0.1, 0.15) is 37.1 Å². The van der Waals surface area contributed by atoms with Crippen molar-refractivity contribution in [2.24, 2.45) is 0 Å². The van der Waals surface area contributed by atoms with Crippen LogP contribution in [0.4, 0.5) is 0 Å². The molecule has 0 saturated heterocycles. The number of aryl methyl sites for hydroxylation is 1. The number of methoxy groups -OCH3 is 1. The van der Waals surface area contributed by atoms with Crippen molar-refractivity contribution in [1.82, 2.24) is 4.98 Å². The summed E-state index contributed by atoms with van der Waals surface area (Å²) in [7, 11) is 1.38. The van der Waals surface area contributed by atoms with E-state index in [0.29, 0.717) is 12.5 Å². The number of nitrogens with zero attached hydrogens (tertiary/aromatic N) is 1. The molecule has 1 aromatic heterocycles. The van der Waals surface area contributed by atoms with Crippen LogP contribution in [0.15, 0.2) is 59.0 Å². The second kappa shape index (κ2) is 11.4. The fourth-order valence-electron chi connectivity index (χ4n) is 4.19. The van der Waals surface area contributed by atoms with Gasteiger partial charge >= 0.3 is 5.97 Å². The van der Waals surface area contributed by atoms with Gasteiger partial charge in [0, 0.05) is 12.7 Å². The molecule has 0 amide bonds. The molecule has 7 nitrogen and oxygen atoms in total. The second-order valence-corrected chi connectivity index (χ2v) is 8.58. The Kier molecular flexibility index (Phi) is 8.11. The molecule has 1 saturated carbocycles. The van der Waals surface area contributed by atoms with Crippen molar-refractivity contribution in [2.75, 3.05) is 13.7 Å². The number of benzene rings is 2. The summed E-state index contributed by atoms with van der Waals surface area (Å²) in [5.74, 6) is 0.313. The molecule has 34 heavy (non-hydrogen) atoms. The molecule has 180 valence electrons. The zero-order valence-electron chi connectivity index (χ0n) is 19.6. The van der Waals surface area contributed by atoms with Gasteiger partial charge in [0.2, 0.25) is 5.89 Å². The summed E-state index contributed by atoms with van der Waals surface area (Å²) in [6, 6.07) is 18.4.